The van der Waals surface area contributed by atoms with Crippen LogP contribution in [-0.4, -0.2) is 28.9 Å². The second-order valence-corrected chi connectivity index (χ2v) is 4.18. The van der Waals surface area contributed by atoms with Crippen molar-refractivity contribution in [3.05, 3.63) is 47.1 Å². The van der Waals surface area contributed by atoms with E-state index in [1.807, 2.05) is 6.92 Å². The highest BCUT2D eigenvalue weighted by Crippen LogP contribution is 2.17. The van der Waals surface area contributed by atoms with Crippen LogP contribution in [0.5, 0.6) is 0 Å². The topological polar surface area (TPSA) is 85.1 Å². The minimum atomic E-state index is -0.299. The van der Waals surface area contributed by atoms with E-state index < -0.39 is 0 Å². The molecule has 0 aliphatic rings. The molecular weight excluding hydrogens is 258 g/mol. The molecule has 6 heteroatoms. The number of nitrogens with one attached hydrogen (secondary N) is 1. The number of Topliss-reactive ketones (excluding diaryl/α,β-unsaturated/α-hetero) is 1. The van der Waals surface area contributed by atoms with Gasteiger partial charge in [-0.2, -0.15) is 0 Å². The maximum atomic E-state index is 12.1. The van der Waals surface area contributed by atoms with Gasteiger partial charge in [-0.05, 0) is 18.6 Å². The second-order valence-electron chi connectivity index (χ2n) is 4.18. The molecule has 2 aromatic rings. The number of hydrogen-bond donors (Lipinski definition) is 1. The number of ketones is 1. The zero-order valence-electron chi connectivity index (χ0n) is 11.3. The summed E-state index contributed by atoms with van der Waals surface area (Å²) in [6, 6.07) is 5.09. The van der Waals surface area contributed by atoms with Gasteiger partial charge < -0.3 is 9.84 Å². The van der Waals surface area contributed by atoms with Gasteiger partial charge in [-0.3, -0.25) is 14.6 Å². The SMILES string of the molecule is CCc1noc(CC(=O)c2ccccn2)c1C(=O)NC. The molecule has 0 saturated carbocycles. The number of amides is 1. The Bertz CT molecular complexity index is 620. The zero-order valence-corrected chi connectivity index (χ0v) is 11.3. The summed E-state index contributed by atoms with van der Waals surface area (Å²) in [4.78, 5) is 27.9. The molecule has 20 heavy (non-hydrogen) atoms. The van der Waals surface area contributed by atoms with Gasteiger partial charge in [-0.25, -0.2) is 0 Å². The summed E-state index contributed by atoms with van der Waals surface area (Å²) in [5, 5.41) is 6.37. The molecular formula is C14H15N3O3. The summed E-state index contributed by atoms with van der Waals surface area (Å²) in [6.45, 7) is 1.87. The third kappa shape index (κ3) is 2.74. The van der Waals surface area contributed by atoms with Gasteiger partial charge in [-0.15, -0.1) is 0 Å². The van der Waals surface area contributed by atoms with E-state index in [9.17, 15) is 9.59 Å². The van der Waals surface area contributed by atoms with Gasteiger partial charge in [0, 0.05) is 13.2 Å². The third-order valence-corrected chi connectivity index (χ3v) is 2.89. The molecule has 0 radical (unpaired) electrons. The quantitative estimate of drug-likeness (QED) is 0.833. The monoisotopic (exact) mass is 273 g/mol. The van der Waals surface area contributed by atoms with Crippen molar-refractivity contribution in [1.29, 1.82) is 0 Å². The van der Waals surface area contributed by atoms with Gasteiger partial charge in [-0.1, -0.05) is 18.1 Å². The number of aryl methyl sites for hydroxylation is 1. The lowest BCUT2D eigenvalue weighted by Crippen LogP contribution is -2.21. The zero-order chi connectivity index (χ0) is 14.5. The first kappa shape index (κ1) is 13.9. The normalized spacial score (nSPS) is 10.3. The fourth-order valence-corrected chi connectivity index (χ4v) is 1.87. The van der Waals surface area contributed by atoms with E-state index in [0.717, 1.165) is 0 Å². The Balaban J connectivity index is 2.28. The number of aromatic nitrogens is 2. The molecule has 104 valence electrons. The largest absolute Gasteiger partial charge is 0.360 e. The van der Waals surface area contributed by atoms with Crippen molar-refractivity contribution < 1.29 is 14.1 Å². The minimum Gasteiger partial charge on any atom is -0.360 e. The molecule has 6 nitrogen and oxygen atoms in total. The van der Waals surface area contributed by atoms with Crippen molar-refractivity contribution >= 4 is 11.7 Å². The van der Waals surface area contributed by atoms with E-state index in [1.54, 1.807) is 24.4 Å². The van der Waals surface area contributed by atoms with Gasteiger partial charge in [0.15, 0.2) is 11.5 Å². The highest BCUT2D eigenvalue weighted by molar-refractivity contribution is 6.00. The molecule has 0 fully saturated rings. The van der Waals surface area contributed by atoms with Crippen molar-refractivity contribution in [3.63, 3.8) is 0 Å². The number of carbonyl (C=O) groups is 2. The van der Waals surface area contributed by atoms with Crippen LogP contribution in [0.1, 0.15) is 39.2 Å². The first-order chi connectivity index (χ1) is 9.67. The predicted octanol–water partition coefficient (Wildman–Crippen LogP) is 1.42. The molecule has 0 spiro atoms. The lowest BCUT2D eigenvalue weighted by atomic mass is 10.1. The molecule has 2 aromatic heterocycles. The van der Waals surface area contributed by atoms with E-state index in [2.05, 4.69) is 15.5 Å². The van der Waals surface area contributed by atoms with Gasteiger partial charge in [0.05, 0.1) is 12.1 Å². The van der Waals surface area contributed by atoms with E-state index in [-0.39, 0.29) is 23.9 Å². The molecule has 2 rings (SSSR count). The van der Waals surface area contributed by atoms with E-state index in [0.29, 0.717) is 23.4 Å². The van der Waals surface area contributed by atoms with Crippen molar-refractivity contribution in [2.45, 2.75) is 19.8 Å². The van der Waals surface area contributed by atoms with Gasteiger partial charge in [0.25, 0.3) is 5.91 Å². The Hall–Kier alpha value is -2.50. The second kappa shape index (κ2) is 6.10. The van der Waals surface area contributed by atoms with E-state index in [1.165, 1.54) is 7.05 Å². The number of carbonyl (C=O) groups excluding carboxylic acids is 2. The van der Waals surface area contributed by atoms with Crippen LogP contribution in [-0.2, 0) is 12.8 Å². The summed E-state index contributed by atoms with van der Waals surface area (Å²) in [6.07, 6.45) is 2.07. The van der Waals surface area contributed by atoms with Crippen LogP contribution >= 0.6 is 0 Å². The highest BCUT2D eigenvalue weighted by Gasteiger charge is 2.23. The fourth-order valence-electron chi connectivity index (χ4n) is 1.87. The summed E-state index contributed by atoms with van der Waals surface area (Å²) < 4.78 is 5.14. The fraction of sp³-hybridized carbons (Fsp3) is 0.286. The van der Waals surface area contributed by atoms with E-state index in [4.69, 9.17) is 4.52 Å². The maximum absolute atomic E-state index is 12.1. The van der Waals surface area contributed by atoms with Crippen molar-refractivity contribution in [3.8, 4) is 0 Å². The first-order valence-electron chi connectivity index (χ1n) is 6.31. The number of hydrogen-bond acceptors (Lipinski definition) is 5. The smallest absolute Gasteiger partial charge is 0.256 e. The summed E-state index contributed by atoms with van der Waals surface area (Å²) in [7, 11) is 1.53. The Morgan fingerprint density at radius 2 is 2.15 bits per heavy atom. The standard InChI is InChI=1S/C14H15N3O3/c1-3-9-13(14(19)15-2)12(20-17-9)8-11(18)10-6-4-5-7-16-10/h4-7H,3,8H2,1-2H3,(H,15,19). The van der Waals surface area contributed by atoms with Crippen LogP contribution in [0.3, 0.4) is 0 Å². The lowest BCUT2D eigenvalue weighted by Gasteiger charge is -2.01. The molecule has 0 aliphatic heterocycles. The van der Waals surface area contributed by atoms with Crippen LogP contribution in [0.25, 0.3) is 0 Å². The van der Waals surface area contributed by atoms with Crippen LogP contribution in [0.2, 0.25) is 0 Å². The summed E-state index contributed by atoms with van der Waals surface area (Å²) in [5.41, 5.74) is 1.23. The molecule has 0 bridgehead atoms. The first-order valence-corrected chi connectivity index (χ1v) is 6.31. The van der Waals surface area contributed by atoms with Gasteiger partial charge in [0.2, 0.25) is 0 Å². The van der Waals surface area contributed by atoms with Crippen LogP contribution in [0.15, 0.2) is 28.9 Å². The molecule has 1 N–H and O–H groups in total. The van der Waals surface area contributed by atoms with Crippen molar-refractivity contribution in [1.82, 2.24) is 15.5 Å². The Morgan fingerprint density at radius 1 is 1.35 bits per heavy atom. The molecule has 0 aromatic carbocycles. The van der Waals surface area contributed by atoms with Crippen LogP contribution < -0.4 is 5.32 Å². The molecule has 2 heterocycles. The molecule has 1 amide bonds. The Labute approximate surface area is 116 Å². The van der Waals surface area contributed by atoms with Crippen LogP contribution in [0.4, 0.5) is 0 Å². The summed E-state index contributed by atoms with van der Waals surface area (Å²) in [5.74, 6) is -0.238. The van der Waals surface area contributed by atoms with Crippen molar-refractivity contribution in [2.75, 3.05) is 7.05 Å². The highest BCUT2D eigenvalue weighted by atomic mass is 16.5. The Morgan fingerprint density at radius 3 is 2.75 bits per heavy atom. The maximum Gasteiger partial charge on any atom is 0.256 e. The number of rotatable bonds is 5. The predicted molar refractivity (Wildman–Crippen MR) is 71.5 cm³/mol. The number of pyridine rings is 1. The Kier molecular flexibility index (Phi) is 4.24. The van der Waals surface area contributed by atoms with Gasteiger partial charge in [0.1, 0.15) is 11.3 Å². The molecule has 0 atom stereocenters. The minimum absolute atomic E-state index is 0.0350. The lowest BCUT2D eigenvalue weighted by molar-refractivity contribution is 0.0958. The third-order valence-electron chi connectivity index (χ3n) is 2.89. The summed E-state index contributed by atoms with van der Waals surface area (Å²) >= 11 is 0. The number of nitrogens with zero attached hydrogens (tertiary/aromatic N) is 2. The van der Waals surface area contributed by atoms with Gasteiger partial charge >= 0.3 is 0 Å². The molecule has 0 saturated heterocycles. The van der Waals surface area contributed by atoms with Crippen LogP contribution in [0, 0.1) is 0 Å². The van der Waals surface area contributed by atoms with Crippen molar-refractivity contribution in [2.24, 2.45) is 0 Å². The molecule has 0 unspecified atom stereocenters. The van der Waals surface area contributed by atoms with E-state index >= 15 is 0 Å². The average Bonchev–Trinajstić information content (AvgIpc) is 2.90. The average molecular weight is 273 g/mol. The molecule has 0 aliphatic carbocycles.